The summed E-state index contributed by atoms with van der Waals surface area (Å²) in [6.45, 7) is 0.505. The fourth-order valence-corrected chi connectivity index (χ4v) is 2.94. The van der Waals surface area contributed by atoms with Crippen LogP contribution in [0.5, 0.6) is 0 Å². The van der Waals surface area contributed by atoms with Crippen molar-refractivity contribution in [2.75, 3.05) is 0 Å². The molecule has 1 aliphatic rings. The summed E-state index contributed by atoms with van der Waals surface area (Å²) in [5.74, 6) is 0.523. The lowest BCUT2D eigenvalue weighted by atomic mass is 10.2. The Morgan fingerprint density at radius 2 is 2.20 bits per heavy atom. The first-order valence-electron chi connectivity index (χ1n) is 6.90. The maximum atomic E-state index is 5.92. The minimum atomic E-state index is 0.496. The number of halogens is 1. The van der Waals surface area contributed by atoms with Gasteiger partial charge in [0.15, 0.2) is 5.96 Å². The first-order valence-corrected chi connectivity index (χ1v) is 7.69. The van der Waals surface area contributed by atoms with Crippen molar-refractivity contribution in [3.8, 4) is 0 Å². The van der Waals surface area contributed by atoms with Gasteiger partial charge in [-0.05, 0) is 40.9 Å². The van der Waals surface area contributed by atoms with Gasteiger partial charge in [-0.15, -0.1) is 0 Å². The van der Waals surface area contributed by atoms with Crippen LogP contribution in [0.3, 0.4) is 0 Å². The van der Waals surface area contributed by atoms with E-state index in [-0.39, 0.29) is 0 Å². The molecule has 3 N–H and O–H groups in total. The molecule has 0 saturated heterocycles. The fraction of sp³-hybridized carbons (Fsp3) is 0.429. The van der Waals surface area contributed by atoms with Gasteiger partial charge in [0, 0.05) is 22.9 Å². The van der Waals surface area contributed by atoms with Crippen LogP contribution in [0.4, 0.5) is 0 Å². The molecule has 0 radical (unpaired) electrons. The van der Waals surface area contributed by atoms with Crippen molar-refractivity contribution in [3.63, 3.8) is 0 Å². The van der Waals surface area contributed by atoms with Gasteiger partial charge in [-0.25, -0.2) is 9.98 Å². The highest BCUT2D eigenvalue weighted by Gasteiger charge is 2.14. The predicted molar refractivity (Wildman–Crippen MR) is 83.6 cm³/mol. The van der Waals surface area contributed by atoms with E-state index in [1.807, 2.05) is 28.9 Å². The number of guanidine groups is 1. The Morgan fingerprint density at radius 3 is 3.00 bits per heavy atom. The number of nitrogens with zero attached hydrogens (tertiary/aromatic N) is 3. The first kappa shape index (κ1) is 13.4. The fourth-order valence-electron chi connectivity index (χ4n) is 2.58. The van der Waals surface area contributed by atoms with Crippen LogP contribution in [0.25, 0.3) is 5.65 Å². The summed E-state index contributed by atoms with van der Waals surface area (Å²) in [4.78, 5) is 8.88. The van der Waals surface area contributed by atoms with Gasteiger partial charge in [0.2, 0.25) is 0 Å². The number of fused-ring (bicyclic) bond motifs is 1. The molecule has 20 heavy (non-hydrogen) atoms. The third-order valence-electron chi connectivity index (χ3n) is 3.58. The Balaban J connectivity index is 1.66. The maximum Gasteiger partial charge on any atom is 0.189 e. The Morgan fingerprint density at radius 1 is 1.40 bits per heavy atom. The molecule has 0 amide bonds. The van der Waals surface area contributed by atoms with Gasteiger partial charge in [-0.1, -0.05) is 12.8 Å². The zero-order valence-corrected chi connectivity index (χ0v) is 12.8. The summed E-state index contributed by atoms with van der Waals surface area (Å²) in [6.07, 6.45) is 8.91. The lowest BCUT2D eigenvalue weighted by Crippen LogP contribution is -2.38. The van der Waals surface area contributed by atoms with Crippen LogP contribution in [0, 0.1) is 0 Å². The molecule has 0 aromatic carbocycles. The van der Waals surface area contributed by atoms with Gasteiger partial charge in [-0.2, -0.15) is 0 Å². The minimum Gasteiger partial charge on any atom is -0.370 e. The Hall–Kier alpha value is -1.56. The van der Waals surface area contributed by atoms with Gasteiger partial charge >= 0.3 is 0 Å². The molecular formula is C14H18BrN5. The number of nitrogens with one attached hydrogen (secondary N) is 1. The monoisotopic (exact) mass is 335 g/mol. The van der Waals surface area contributed by atoms with Crippen molar-refractivity contribution in [1.29, 1.82) is 0 Å². The molecule has 2 heterocycles. The van der Waals surface area contributed by atoms with E-state index in [4.69, 9.17) is 5.73 Å². The molecule has 6 heteroatoms. The number of pyridine rings is 1. The third-order valence-corrected chi connectivity index (χ3v) is 4.05. The number of nitrogens with two attached hydrogens (primary N) is 1. The average molecular weight is 336 g/mol. The topological polar surface area (TPSA) is 67.7 Å². The summed E-state index contributed by atoms with van der Waals surface area (Å²) in [5, 5.41) is 3.28. The highest BCUT2D eigenvalue weighted by molar-refractivity contribution is 9.10. The third kappa shape index (κ3) is 3.12. The van der Waals surface area contributed by atoms with E-state index >= 15 is 0 Å². The largest absolute Gasteiger partial charge is 0.370 e. The Bertz CT molecular complexity index is 628. The van der Waals surface area contributed by atoms with E-state index in [1.165, 1.54) is 25.7 Å². The second-order valence-electron chi connectivity index (χ2n) is 5.17. The average Bonchev–Trinajstić information content (AvgIpc) is 3.04. The predicted octanol–water partition coefficient (Wildman–Crippen LogP) is 2.44. The quantitative estimate of drug-likeness (QED) is 0.668. The maximum absolute atomic E-state index is 5.92. The SMILES string of the molecule is NC(=NCc1cn2cc(Br)ccc2n1)NC1CCCC1. The molecule has 1 saturated carbocycles. The van der Waals surface area contributed by atoms with Gasteiger partial charge in [0.25, 0.3) is 0 Å². The molecule has 2 aromatic rings. The van der Waals surface area contributed by atoms with E-state index in [0.29, 0.717) is 18.5 Å². The number of aromatic nitrogens is 2. The summed E-state index contributed by atoms with van der Waals surface area (Å²) in [5.41, 5.74) is 7.75. The van der Waals surface area contributed by atoms with E-state index < -0.39 is 0 Å². The van der Waals surface area contributed by atoms with Crippen LogP contribution in [0.2, 0.25) is 0 Å². The zero-order chi connectivity index (χ0) is 13.9. The summed E-state index contributed by atoms with van der Waals surface area (Å²) in [6, 6.07) is 4.44. The number of rotatable bonds is 3. The zero-order valence-electron chi connectivity index (χ0n) is 11.2. The second kappa shape index (κ2) is 5.83. The van der Waals surface area contributed by atoms with E-state index in [1.54, 1.807) is 0 Å². The number of hydrogen-bond donors (Lipinski definition) is 2. The van der Waals surface area contributed by atoms with Crippen LogP contribution in [0.15, 0.2) is 34.0 Å². The van der Waals surface area contributed by atoms with Gasteiger partial charge in [-0.3, -0.25) is 0 Å². The molecule has 1 fully saturated rings. The molecule has 0 spiro atoms. The van der Waals surface area contributed by atoms with Crippen molar-refractivity contribution in [1.82, 2.24) is 14.7 Å². The first-order chi connectivity index (χ1) is 9.70. The van der Waals surface area contributed by atoms with Crippen LogP contribution in [-0.2, 0) is 6.54 Å². The second-order valence-corrected chi connectivity index (χ2v) is 6.09. The number of aliphatic imine (C=N–C) groups is 1. The van der Waals surface area contributed by atoms with Crippen molar-refractivity contribution < 1.29 is 0 Å². The van der Waals surface area contributed by atoms with Crippen molar-refractivity contribution >= 4 is 27.5 Å². The smallest absolute Gasteiger partial charge is 0.189 e. The van der Waals surface area contributed by atoms with Crippen LogP contribution >= 0.6 is 15.9 Å². The molecule has 0 aliphatic heterocycles. The van der Waals surface area contributed by atoms with Crippen LogP contribution in [0.1, 0.15) is 31.4 Å². The molecule has 1 aliphatic carbocycles. The Kier molecular flexibility index (Phi) is 3.91. The molecule has 0 atom stereocenters. The van der Waals surface area contributed by atoms with E-state index in [2.05, 4.69) is 31.2 Å². The summed E-state index contributed by atoms with van der Waals surface area (Å²) >= 11 is 3.45. The van der Waals surface area contributed by atoms with E-state index in [9.17, 15) is 0 Å². The lowest BCUT2D eigenvalue weighted by Gasteiger charge is -2.11. The number of hydrogen-bond acceptors (Lipinski definition) is 2. The molecule has 3 rings (SSSR count). The molecule has 5 nitrogen and oxygen atoms in total. The minimum absolute atomic E-state index is 0.496. The summed E-state index contributed by atoms with van der Waals surface area (Å²) < 4.78 is 3.01. The van der Waals surface area contributed by atoms with Crippen LogP contribution in [-0.4, -0.2) is 21.4 Å². The summed E-state index contributed by atoms with van der Waals surface area (Å²) in [7, 11) is 0. The van der Waals surface area contributed by atoms with Gasteiger partial charge in [0.05, 0.1) is 12.2 Å². The van der Waals surface area contributed by atoms with Crippen molar-refractivity contribution in [3.05, 3.63) is 34.7 Å². The Labute approximate surface area is 126 Å². The molecule has 0 bridgehead atoms. The van der Waals surface area contributed by atoms with E-state index in [0.717, 1.165) is 15.8 Å². The van der Waals surface area contributed by atoms with Crippen molar-refractivity contribution in [2.45, 2.75) is 38.3 Å². The van der Waals surface area contributed by atoms with Crippen LogP contribution < -0.4 is 11.1 Å². The standard InChI is InChI=1S/C14H18BrN5/c15-10-5-6-13-18-12(9-20(13)8-10)7-17-14(16)19-11-3-1-2-4-11/h5-6,8-9,11H,1-4,7H2,(H3,16,17,19). The van der Waals surface area contributed by atoms with Crippen molar-refractivity contribution in [2.24, 2.45) is 10.7 Å². The molecule has 0 unspecified atom stereocenters. The van der Waals surface area contributed by atoms with Gasteiger partial charge in [0.1, 0.15) is 5.65 Å². The molecule has 2 aromatic heterocycles. The highest BCUT2D eigenvalue weighted by atomic mass is 79.9. The number of imidazole rings is 1. The normalized spacial score (nSPS) is 16.9. The molecule has 106 valence electrons. The molecular weight excluding hydrogens is 318 g/mol. The van der Waals surface area contributed by atoms with Gasteiger partial charge < -0.3 is 15.5 Å². The highest BCUT2D eigenvalue weighted by Crippen LogP contribution is 2.17. The lowest BCUT2D eigenvalue weighted by molar-refractivity contribution is 0.625.